The van der Waals surface area contributed by atoms with E-state index in [0.29, 0.717) is 51.6 Å². The van der Waals surface area contributed by atoms with Crippen LogP contribution in [0.3, 0.4) is 0 Å². The van der Waals surface area contributed by atoms with E-state index in [9.17, 15) is 63.6 Å². The van der Waals surface area contributed by atoms with Crippen molar-refractivity contribution < 1.29 is 120 Å². The third kappa shape index (κ3) is 20.6. The monoisotopic (exact) mass is 1960 g/mol. The Kier molecular flexibility index (Phi) is 31.9. The van der Waals surface area contributed by atoms with Crippen molar-refractivity contribution in [2.45, 2.75) is 342 Å². The maximum atomic E-state index is 13.2. The minimum absolute atomic E-state index is 0.00648. The van der Waals surface area contributed by atoms with Crippen LogP contribution in [0.1, 0.15) is 271 Å². The van der Waals surface area contributed by atoms with E-state index in [1.807, 2.05) is 154 Å². The van der Waals surface area contributed by atoms with Gasteiger partial charge in [-0.25, -0.2) is 38.4 Å². The summed E-state index contributed by atoms with van der Waals surface area (Å²) < 4.78 is 76.5. The van der Waals surface area contributed by atoms with Gasteiger partial charge in [0.25, 0.3) is 0 Å². The number of allylic oxidation sites excluding steroid dienone is 4. The molecule has 143 heavy (non-hydrogen) atoms. The maximum Gasteiger partial charge on any atom is 0.332 e. The number of esters is 8. The van der Waals surface area contributed by atoms with E-state index in [-0.39, 0.29) is 71.2 Å². The highest BCUT2D eigenvalue weighted by Crippen LogP contribution is 2.69. The van der Waals surface area contributed by atoms with Crippen LogP contribution in [-0.4, -0.2) is 212 Å². The highest BCUT2D eigenvalue weighted by molar-refractivity contribution is 5.90. The quantitative estimate of drug-likeness (QED) is 0.0219. The van der Waals surface area contributed by atoms with Crippen molar-refractivity contribution in [2.24, 2.45) is 47.3 Å². The highest BCUT2D eigenvalue weighted by Gasteiger charge is 2.76. The number of rotatable bonds is 24. The van der Waals surface area contributed by atoms with Crippen LogP contribution in [0.4, 0.5) is 0 Å². The molecule has 1 amide bonds. The Morgan fingerprint density at radius 2 is 0.517 bits per heavy atom. The first kappa shape index (κ1) is 104. The van der Waals surface area contributed by atoms with E-state index in [2.05, 4.69) is 27.7 Å². The summed E-state index contributed by atoms with van der Waals surface area (Å²) in [4.78, 5) is 115. The van der Waals surface area contributed by atoms with Crippen LogP contribution in [-0.2, 0) is 100.0 Å². The first-order valence-electron chi connectivity index (χ1n) is 52.6. The molecule has 9 saturated heterocycles. The van der Waals surface area contributed by atoms with Crippen molar-refractivity contribution in [2.75, 3.05) is 39.5 Å². The van der Waals surface area contributed by atoms with Gasteiger partial charge in [0.05, 0.1) is 0 Å². The van der Waals surface area contributed by atoms with Crippen LogP contribution in [0, 0.1) is 47.3 Å². The second-order valence-corrected chi connectivity index (χ2v) is 43.7. The minimum atomic E-state index is -0.897. The molecule has 9 heterocycles. The number of amides is 1. The topological polar surface area (TPSA) is 349 Å². The Labute approximate surface area is 840 Å². The molecule has 4 aromatic rings. The van der Waals surface area contributed by atoms with Gasteiger partial charge in [0.1, 0.15) is 95.7 Å². The first-order chi connectivity index (χ1) is 68.8. The summed E-state index contributed by atoms with van der Waals surface area (Å²) >= 11 is 0. The van der Waals surface area contributed by atoms with Gasteiger partial charge in [-0.15, -0.1) is 0 Å². The average molecular weight is 1970 g/mol. The molecule has 20 rings (SSSR count). The summed E-state index contributed by atoms with van der Waals surface area (Å²) in [6.07, 6.45) is 35.3. The van der Waals surface area contributed by atoms with E-state index in [1.165, 1.54) is 65.9 Å². The molecule has 9 aliphatic heterocycles. The zero-order valence-electron chi connectivity index (χ0n) is 84.5. The Bertz CT molecular complexity index is 5180. The van der Waals surface area contributed by atoms with Gasteiger partial charge < -0.3 is 82.2 Å². The molecule has 20 unspecified atom stereocenters. The molecule has 4 N–H and O–H groups in total. The molecular formula is C117H145NO25. The van der Waals surface area contributed by atoms with Crippen molar-refractivity contribution >= 4 is 78.0 Å². The second kappa shape index (κ2) is 43.8. The van der Waals surface area contributed by atoms with E-state index < -0.39 is 150 Å². The number of fused-ring (bicyclic) bond motifs is 16. The van der Waals surface area contributed by atoms with Crippen LogP contribution >= 0.6 is 0 Å². The van der Waals surface area contributed by atoms with E-state index in [0.717, 1.165) is 173 Å². The number of benzene rings is 4. The minimum Gasteiger partial charge on any atom is -0.457 e. The van der Waals surface area contributed by atoms with Crippen molar-refractivity contribution in [1.82, 2.24) is 4.90 Å². The summed E-state index contributed by atoms with van der Waals surface area (Å²) in [5.41, 5.74) is 7.24. The molecule has 3 saturated carbocycles. The van der Waals surface area contributed by atoms with Crippen LogP contribution in [0.25, 0.3) is 24.3 Å². The van der Waals surface area contributed by atoms with Crippen molar-refractivity contribution in [3.8, 4) is 0 Å². The lowest BCUT2D eigenvalue weighted by molar-refractivity contribution is -0.230. The molecule has 26 nitrogen and oxygen atoms in total. The zero-order valence-corrected chi connectivity index (χ0v) is 84.5. The van der Waals surface area contributed by atoms with Crippen molar-refractivity contribution in [3.05, 3.63) is 212 Å². The highest BCUT2D eigenvalue weighted by atomic mass is 16.7. The molecule has 12 fully saturated rings. The van der Waals surface area contributed by atoms with Gasteiger partial charge in [-0.1, -0.05) is 201 Å². The van der Waals surface area contributed by atoms with Gasteiger partial charge in [0, 0.05) is 93.7 Å². The molecule has 0 spiro atoms. The number of hydrogen-bond acceptors (Lipinski definition) is 25. The third-order valence-corrected chi connectivity index (χ3v) is 35.5. The second-order valence-electron chi connectivity index (χ2n) is 43.7. The predicted octanol–water partition coefficient (Wildman–Crippen LogP) is 17.7. The van der Waals surface area contributed by atoms with Gasteiger partial charge in [-0.2, -0.15) is 0 Å². The first-order valence-corrected chi connectivity index (χ1v) is 52.6. The lowest BCUT2D eigenvalue weighted by atomic mass is 9.69. The number of hydrogen-bond donors (Lipinski definition) is 4. The van der Waals surface area contributed by atoms with Crippen molar-refractivity contribution in [1.29, 1.82) is 0 Å². The van der Waals surface area contributed by atoms with Gasteiger partial charge in [-0.3, -0.25) is 4.79 Å². The third-order valence-electron chi connectivity index (χ3n) is 35.5. The predicted molar refractivity (Wildman–Crippen MR) is 533 cm³/mol. The molecule has 0 aromatic heterocycles. The number of piperidine rings is 1. The fraction of sp³-hybridized carbons (Fsp3) is 0.581. The number of aliphatic hydroxyl groups excluding tert-OH is 4. The van der Waals surface area contributed by atoms with E-state index in [4.69, 9.17) is 56.8 Å². The maximum absolute atomic E-state index is 13.2. The Balaban J connectivity index is 0.000000131. The number of likely N-dealkylation sites (tertiary alicyclic amines) is 1. The van der Waals surface area contributed by atoms with Gasteiger partial charge in [0.2, 0.25) is 5.91 Å². The summed E-state index contributed by atoms with van der Waals surface area (Å²) in [7, 11) is 0. The summed E-state index contributed by atoms with van der Waals surface area (Å²) in [5.74, 6) is -3.56. The molecule has 7 aliphatic carbocycles. The molecule has 26 heteroatoms. The molecule has 768 valence electrons. The lowest BCUT2D eigenvalue weighted by Gasteiger charge is -2.52. The molecular weight excluding hydrogens is 1820 g/mol. The smallest absolute Gasteiger partial charge is 0.332 e. The van der Waals surface area contributed by atoms with Crippen LogP contribution in [0.2, 0.25) is 0 Å². The number of ether oxygens (including phenoxy) is 12. The summed E-state index contributed by atoms with van der Waals surface area (Å²) in [6.45, 7) is 16.7. The Morgan fingerprint density at radius 1 is 0.308 bits per heavy atom. The summed E-state index contributed by atoms with van der Waals surface area (Å²) in [5, 5.41) is 37.6. The van der Waals surface area contributed by atoms with Gasteiger partial charge >= 0.3 is 47.8 Å². The number of carbonyl (C=O) groups is 9. The molecule has 8 bridgehead atoms. The van der Waals surface area contributed by atoms with Crippen molar-refractivity contribution in [3.63, 3.8) is 0 Å². The standard InChI is InChI=1S/C30H37NO7.3C29H36O6/c1-19-9-11-23-27(19)28(37-25(34)12-10-21-7-5-4-6-8-21)30(22-13-15-31(16-14-22)20(2)33)17-24(29(23,3)38-30)36-26(35)18-32;3*1-19-13-15-22-26(19)27(34-24(31)16-14-20-9-5-3-6-10-20)29(21-11-7-4-8-12-21)17-23(28(22,2)35-29)33-25(32)18-30/h4-8,10,12,22-24,28,32H,9,11,13-18H2,1-3H3;3*3,5-6,9-10,14,16,21-23,27,30H,4,7-8,11-13,15,17-18H2,1-2H3/b12-10+;3*16-14+. The molecule has 16 aliphatic rings. The molecule has 0 radical (unpaired) electrons. The van der Waals surface area contributed by atoms with E-state index >= 15 is 0 Å². The van der Waals surface area contributed by atoms with Crippen LogP contribution in [0.15, 0.2) is 190 Å². The molecule has 20 atom stereocenters. The van der Waals surface area contributed by atoms with Gasteiger partial charge in [0.15, 0.2) is 24.4 Å². The Morgan fingerprint density at radius 3 is 0.720 bits per heavy atom. The SMILES string of the molecule is CC(=O)N1CCC(C23CC(OC(=O)CO)C(C)(O2)C2CCC(C)=C2C3OC(=O)/C=C/c2ccccc2)CC1.CC1=C2C(CC1)C1(C)OC(C3CCCCC3)(CC1OC(=O)CO)C2OC(=O)/C=C/c1ccccc1.CC1=C2C(CC1)C1(C)OC(C3CCCCC3)(CC1OC(=O)CO)C2OC(=O)/C=C/c1ccccc1.CC1=C2C(CC1)C1(C)OC(C3CCCCC3)(CC1OC(=O)CO)C2OC(=O)/C=C/c1ccccc1. The van der Waals surface area contributed by atoms with Gasteiger partial charge in [-0.05, 0) is 251 Å². The fourth-order valence-corrected chi connectivity index (χ4v) is 28.7. The molecule has 4 aromatic carbocycles. The summed E-state index contributed by atoms with van der Waals surface area (Å²) in [6, 6.07) is 38.7. The lowest BCUT2D eigenvalue weighted by Crippen LogP contribution is -2.61. The largest absolute Gasteiger partial charge is 0.457 e. The number of nitrogens with zero attached hydrogens (tertiary/aromatic N) is 1. The number of aliphatic hydroxyl groups is 4. The average Bonchev–Trinajstić information content (AvgIpc) is 1.55. The normalized spacial score (nSPS) is 34.3. The van der Waals surface area contributed by atoms with E-state index in [1.54, 1.807) is 31.2 Å². The fourth-order valence-electron chi connectivity index (χ4n) is 28.7. The van der Waals surface area contributed by atoms with Crippen LogP contribution in [0.5, 0.6) is 0 Å². The Hall–Kier alpha value is -10.3. The van der Waals surface area contributed by atoms with Crippen LogP contribution < -0.4 is 0 Å². The number of carbonyl (C=O) groups excluding carboxylic acids is 9. The zero-order chi connectivity index (χ0) is 101.